The van der Waals surface area contributed by atoms with Crippen LogP contribution in [-0.4, -0.2) is 48.1 Å². The topological polar surface area (TPSA) is 64.4 Å². The molecule has 0 N–H and O–H groups in total. The zero-order chi connectivity index (χ0) is 18.9. The molecule has 0 amide bonds. The van der Waals surface area contributed by atoms with E-state index in [9.17, 15) is 21.6 Å². The number of sulfonamides is 1. The van der Waals surface area contributed by atoms with E-state index in [-0.39, 0.29) is 30.8 Å². The predicted molar refractivity (Wildman–Crippen MR) is 87.6 cm³/mol. The van der Waals surface area contributed by atoms with Crippen LogP contribution in [0.5, 0.6) is 0 Å². The van der Waals surface area contributed by atoms with E-state index in [4.69, 9.17) is 0 Å². The monoisotopic (exact) mass is 389 g/mol. The number of benzene rings is 1. The molecule has 3 rings (SSSR count). The number of aromatic nitrogens is 2. The van der Waals surface area contributed by atoms with Gasteiger partial charge in [-0.1, -0.05) is 12.1 Å². The maximum Gasteiger partial charge on any atom is 0.522 e. The maximum atomic E-state index is 12.7. The summed E-state index contributed by atoms with van der Waals surface area (Å²) in [6.07, 6.45) is -2.20. The lowest BCUT2D eigenvalue weighted by atomic mass is 10.1. The van der Waals surface area contributed by atoms with Crippen LogP contribution in [0, 0.1) is 0 Å². The number of nitrogens with zero attached hydrogens (tertiary/aromatic N) is 3. The maximum absolute atomic E-state index is 12.7. The highest BCUT2D eigenvalue weighted by Crippen LogP contribution is 2.28. The molecule has 2 aromatic rings. The molecule has 1 fully saturated rings. The van der Waals surface area contributed by atoms with E-state index < -0.39 is 22.5 Å². The molecule has 0 saturated carbocycles. The summed E-state index contributed by atoms with van der Waals surface area (Å²) in [5, 5.41) is 4.07. The van der Waals surface area contributed by atoms with Gasteiger partial charge in [-0.25, -0.2) is 8.42 Å². The van der Waals surface area contributed by atoms with Crippen molar-refractivity contribution in [2.45, 2.75) is 30.2 Å². The summed E-state index contributed by atoms with van der Waals surface area (Å²) in [5.41, 5.74) is 1.69. The predicted octanol–water partition coefficient (Wildman–Crippen LogP) is 2.78. The van der Waals surface area contributed by atoms with E-state index >= 15 is 0 Å². The molecule has 0 bridgehead atoms. The fourth-order valence-electron chi connectivity index (χ4n) is 2.92. The van der Waals surface area contributed by atoms with E-state index in [0.717, 1.165) is 11.1 Å². The first kappa shape index (κ1) is 18.9. The molecule has 0 radical (unpaired) electrons. The number of alkyl halides is 3. The highest BCUT2D eigenvalue weighted by molar-refractivity contribution is 7.89. The SMILES string of the molecule is Cn1cc(-c2ccc(S(=O)(=O)N3CCC(OC(F)(F)F)CC3)cc2)cn1. The van der Waals surface area contributed by atoms with Crippen molar-refractivity contribution in [1.82, 2.24) is 14.1 Å². The standard InChI is InChI=1S/C16H18F3N3O3S/c1-21-11-13(10-20-21)12-2-4-15(5-3-12)26(23,24)22-8-6-14(7-9-22)25-16(17,18)19/h2-5,10-11,14H,6-9H2,1H3. The highest BCUT2D eigenvalue weighted by Gasteiger charge is 2.37. The summed E-state index contributed by atoms with van der Waals surface area (Å²) in [6.45, 7) is -0.0130. The van der Waals surface area contributed by atoms with Gasteiger partial charge in [-0.15, -0.1) is 13.2 Å². The summed E-state index contributed by atoms with van der Waals surface area (Å²) in [5.74, 6) is 0. The zero-order valence-electron chi connectivity index (χ0n) is 14.0. The second kappa shape index (κ2) is 7.01. The molecule has 2 heterocycles. The Bertz CT molecular complexity index is 855. The van der Waals surface area contributed by atoms with Crippen molar-refractivity contribution in [2.75, 3.05) is 13.1 Å². The Hall–Kier alpha value is -1.91. The van der Waals surface area contributed by atoms with Gasteiger partial charge in [0.05, 0.1) is 17.2 Å². The normalized spacial score (nSPS) is 17.5. The lowest BCUT2D eigenvalue weighted by molar-refractivity contribution is -0.345. The largest absolute Gasteiger partial charge is 0.522 e. The molecule has 0 unspecified atom stereocenters. The molecule has 0 aliphatic carbocycles. The van der Waals surface area contributed by atoms with Crippen LogP contribution in [0.3, 0.4) is 0 Å². The van der Waals surface area contributed by atoms with Crippen LogP contribution < -0.4 is 0 Å². The first-order valence-corrected chi connectivity index (χ1v) is 9.43. The molecule has 142 valence electrons. The smallest absolute Gasteiger partial charge is 0.288 e. The fraction of sp³-hybridized carbons (Fsp3) is 0.438. The van der Waals surface area contributed by atoms with Gasteiger partial charge in [0.15, 0.2) is 0 Å². The third-order valence-corrected chi connectivity index (χ3v) is 6.14. The number of aryl methyl sites for hydroxylation is 1. The molecule has 0 atom stereocenters. The molecule has 1 saturated heterocycles. The van der Waals surface area contributed by atoms with Gasteiger partial charge in [-0.2, -0.15) is 9.40 Å². The van der Waals surface area contributed by atoms with Crippen LogP contribution in [0.1, 0.15) is 12.8 Å². The van der Waals surface area contributed by atoms with Crippen LogP contribution in [0.4, 0.5) is 13.2 Å². The average Bonchev–Trinajstić information content (AvgIpc) is 3.00. The van der Waals surface area contributed by atoms with Gasteiger partial charge in [0.1, 0.15) is 0 Å². The second-order valence-corrected chi connectivity index (χ2v) is 8.03. The van der Waals surface area contributed by atoms with Crippen LogP contribution >= 0.6 is 0 Å². The molecule has 0 spiro atoms. The van der Waals surface area contributed by atoms with Gasteiger partial charge >= 0.3 is 6.36 Å². The summed E-state index contributed by atoms with van der Waals surface area (Å²) < 4.78 is 68.9. The van der Waals surface area contributed by atoms with Gasteiger partial charge in [0.25, 0.3) is 0 Å². The molecule has 6 nitrogen and oxygen atoms in total. The van der Waals surface area contributed by atoms with Gasteiger partial charge in [0.2, 0.25) is 10.0 Å². The Morgan fingerprint density at radius 2 is 1.73 bits per heavy atom. The molecule has 1 aliphatic heterocycles. The number of hydrogen-bond donors (Lipinski definition) is 0. The lowest BCUT2D eigenvalue weighted by Gasteiger charge is -2.31. The van der Waals surface area contributed by atoms with Gasteiger partial charge in [-0.3, -0.25) is 9.42 Å². The van der Waals surface area contributed by atoms with Crippen molar-refractivity contribution < 1.29 is 26.3 Å². The first-order chi connectivity index (χ1) is 12.1. The minimum absolute atomic E-state index is 0.00646. The lowest BCUT2D eigenvalue weighted by Crippen LogP contribution is -2.42. The molecule has 1 aromatic heterocycles. The number of piperidine rings is 1. The van der Waals surface area contributed by atoms with Crippen molar-refractivity contribution in [3.8, 4) is 11.1 Å². The molecule has 26 heavy (non-hydrogen) atoms. The molecule has 1 aromatic carbocycles. The van der Waals surface area contributed by atoms with Gasteiger partial charge in [-0.05, 0) is 30.5 Å². The number of halogens is 3. The molecule has 10 heteroatoms. The average molecular weight is 389 g/mol. The Morgan fingerprint density at radius 1 is 1.12 bits per heavy atom. The quantitative estimate of drug-likeness (QED) is 0.807. The summed E-state index contributed by atoms with van der Waals surface area (Å²) >= 11 is 0. The van der Waals surface area contributed by atoms with E-state index in [1.54, 1.807) is 30.1 Å². The van der Waals surface area contributed by atoms with Crippen molar-refractivity contribution in [2.24, 2.45) is 7.05 Å². The van der Waals surface area contributed by atoms with Crippen molar-refractivity contribution in [1.29, 1.82) is 0 Å². The first-order valence-electron chi connectivity index (χ1n) is 7.99. The van der Waals surface area contributed by atoms with Crippen molar-refractivity contribution >= 4 is 10.0 Å². The summed E-state index contributed by atoms with van der Waals surface area (Å²) in [7, 11) is -1.96. The van der Waals surface area contributed by atoms with E-state index in [1.165, 1.54) is 16.4 Å². The van der Waals surface area contributed by atoms with Gasteiger partial charge in [0, 0.05) is 31.9 Å². The van der Waals surface area contributed by atoms with Gasteiger partial charge < -0.3 is 0 Å². The summed E-state index contributed by atoms with van der Waals surface area (Å²) in [6, 6.07) is 6.36. The number of rotatable bonds is 4. The van der Waals surface area contributed by atoms with Crippen molar-refractivity contribution in [3.05, 3.63) is 36.7 Å². The third-order valence-electron chi connectivity index (χ3n) is 4.23. The summed E-state index contributed by atoms with van der Waals surface area (Å²) in [4.78, 5) is 0.111. The second-order valence-electron chi connectivity index (χ2n) is 6.09. The number of ether oxygens (including phenoxy) is 1. The Kier molecular flexibility index (Phi) is 5.09. The molecule has 1 aliphatic rings. The minimum Gasteiger partial charge on any atom is -0.288 e. The molecular formula is C16H18F3N3O3S. The Balaban J connectivity index is 1.69. The zero-order valence-corrected chi connectivity index (χ0v) is 14.8. The van der Waals surface area contributed by atoms with E-state index in [0.29, 0.717) is 0 Å². The van der Waals surface area contributed by atoms with E-state index in [2.05, 4.69) is 9.84 Å². The van der Waals surface area contributed by atoms with Crippen molar-refractivity contribution in [3.63, 3.8) is 0 Å². The van der Waals surface area contributed by atoms with Crippen LogP contribution in [0.25, 0.3) is 11.1 Å². The van der Waals surface area contributed by atoms with E-state index in [1.807, 2.05) is 6.20 Å². The highest BCUT2D eigenvalue weighted by atomic mass is 32.2. The van der Waals surface area contributed by atoms with Crippen LogP contribution in [0.2, 0.25) is 0 Å². The Morgan fingerprint density at radius 3 is 2.23 bits per heavy atom. The fourth-order valence-corrected chi connectivity index (χ4v) is 4.39. The molecular weight excluding hydrogens is 371 g/mol. The number of hydrogen-bond acceptors (Lipinski definition) is 4. The Labute approximate surface area is 149 Å². The minimum atomic E-state index is -4.70. The van der Waals surface area contributed by atoms with Crippen LogP contribution in [0.15, 0.2) is 41.6 Å². The third kappa shape index (κ3) is 4.25. The van der Waals surface area contributed by atoms with Crippen LogP contribution in [-0.2, 0) is 21.8 Å².